The summed E-state index contributed by atoms with van der Waals surface area (Å²) in [5.41, 5.74) is 8.92. The van der Waals surface area contributed by atoms with Crippen molar-refractivity contribution >= 4 is 5.69 Å². The first kappa shape index (κ1) is 18.4. The van der Waals surface area contributed by atoms with Gasteiger partial charge in [-0.3, -0.25) is 0 Å². The topological polar surface area (TPSA) is 26.0 Å². The Bertz CT molecular complexity index is 430. The monoisotopic (exact) mass is 315 g/mol. The Kier molecular flexibility index (Phi) is 6.99. The fraction of sp³-hybridized carbons (Fsp3) is 0.727. The van der Waals surface area contributed by atoms with E-state index < -0.39 is 0 Å². The summed E-state index contributed by atoms with van der Waals surface area (Å²) >= 11 is 0. The Morgan fingerprint density at radius 2 is 1.43 bits per heavy atom. The molecule has 130 valence electrons. The highest BCUT2D eigenvalue weighted by Gasteiger charge is 2.38. The first-order valence-electron chi connectivity index (χ1n) is 10.1. The molecule has 1 aromatic carbocycles. The number of anilines is 1. The molecular formula is C22H37N. The molecule has 0 amide bonds. The molecule has 0 radical (unpaired) electrons. The van der Waals surface area contributed by atoms with Gasteiger partial charge in [-0.1, -0.05) is 45.7 Å². The minimum atomic E-state index is 0.717. The van der Waals surface area contributed by atoms with E-state index in [-0.39, 0.29) is 0 Å². The lowest BCUT2D eigenvalue weighted by molar-refractivity contribution is 0.0866. The van der Waals surface area contributed by atoms with Crippen LogP contribution in [0.3, 0.4) is 0 Å². The summed E-state index contributed by atoms with van der Waals surface area (Å²) < 4.78 is 0. The average Bonchev–Trinajstić information content (AvgIpc) is 2.61. The lowest BCUT2D eigenvalue weighted by Gasteiger charge is -2.45. The fourth-order valence-corrected chi connectivity index (χ4v) is 4.82. The molecule has 2 N–H and O–H groups in total. The molecule has 1 nitrogen and oxygen atoms in total. The molecule has 0 unspecified atom stereocenters. The highest BCUT2D eigenvalue weighted by atomic mass is 14.5. The lowest BCUT2D eigenvalue weighted by Crippen LogP contribution is -2.31. The molecular weight excluding hydrogens is 278 g/mol. The zero-order valence-electron chi connectivity index (χ0n) is 15.6. The van der Waals surface area contributed by atoms with E-state index in [1.165, 1.54) is 69.8 Å². The number of nitrogens with two attached hydrogens (primary N) is 1. The third kappa shape index (κ3) is 4.75. The lowest BCUT2D eigenvalue weighted by atomic mass is 9.60. The first-order valence-corrected chi connectivity index (χ1v) is 10.1. The van der Waals surface area contributed by atoms with Crippen molar-refractivity contribution in [3.63, 3.8) is 0 Å². The maximum Gasteiger partial charge on any atom is 0.0314 e. The van der Waals surface area contributed by atoms with Crippen LogP contribution in [0.25, 0.3) is 0 Å². The van der Waals surface area contributed by atoms with E-state index in [0.29, 0.717) is 5.41 Å². The molecule has 0 bridgehead atoms. The van der Waals surface area contributed by atoms with Crippen molar-refractivity contribution in [1.29, 1.82) is 0 Å². The fourth-order valence-electron chi connectivity index (χ4n) is 4.82. The van der Waals surface area contributed by atoms with Gasteiger partial charge in [0.25, 0.3) is 0 Å². The van der Waals surface area contributed by atoms with Gasteiger partial charge < -0.3 is 5.73 Å². The van der Waals surface area contributed by atoms with Gasteiger partial charge in [-0.25, -0.2) is 0 Å². The smallest absolute Gasteiger partial charge is 0.0314 e. The summed E-state index contributed by atoms with van der Waals surface area (Å²) in [4.78, 5) is 0. The van der Waals surface area contributed by atoms with Crippen molar-refractivity contribution in [3.05, 3.63) is 29.8 Å². The van der Waals surface area contributed by atoms with Crippen LogP contribution in [-0.4, -0.2) is 0 Å². The maximum atomic E-state index is 5.81. The minimum absolute atomic E-state index is 0.717. The molecule has 1 heteroatoms. The van der Waals surface area contributed by atoms with Crippen LogP contribution >= 0.6 is 0 Å². The van der Waals surface area contributed by atoms with Crippen molar-refractivity contribution in [3.8, 4) is 0 Å². The molecule has 0 aromatic heterocycles. The van der Waals surface area contributed by atoms with Crippen LogP contribution in [0.1, 0.15) is 96.5 Å². The molecule has 0 aliphatic heterocycles. The maximum absolute atomic E-state index is 5.81. The van der Waals surface area contributed by atoms with Crippen LogP contribution < -0.4 is 5.73 Å². The molecule has 2 aliphatic carbocycles. The van der Waals surface area contributed by atoms with Gasteiger partial charge in [-0.15, -0.1) is 0 Å². The van der Waals surface area contributed by atoms with Gasteiger partial charge in [0.2, 0.25) is 0 Å². The zero-order chi connectivity index (χ0) is 16.7. The molecule has 2 fully saturated rings. The largest absolute Gasteiger partial charge is 0.399 e. The van der Waals surface area contributed by atoms with E-state index in [2.05, 4.69) is 31.2 Å². The third-order valence-corrected chi connectivity index (χ3v) is 6.32. The van der Waals surface area contributed by atoms with Gasteiger partial charge in [0.15, 0.2) is 0 Å². The SMILES string of the molecule is CC.CCCC1CCC2(CC1)CCC(c1ccc(N)cc1)CC2. The minimum Gasteiger partial charge on any atom is -0.399 e. The highest BCUT2D eigenvalue weighted by Crippen LogP contribution is 2.52. The van der Waals surface area contributed by atoms with Crippen LogP contribution in [0, 0.1) is 11.3 Å². The summed E-state index contributed by atoms with van der Waals surface area (Å²) in [5.74, 6) is 1.82. The molecule has 23 heavy (non-hydrogen) atoms. The molecule has 3 rings (SSSR count). The molecule has 1 spiro atoms. The van der Waals surface area contributed by atoms with Gasteiger partial charge in [0.1, 0.15) is 0 Å². The second-order valence-electron chi connectivity index (χ2n) is 7.67. The van der Waals surface area contributed by atoms with E-state index in [9.17, 15) is 0 Å². The summed E-state index contributed by atoms with van der Waals surface area (Å²) in [5, 5.41) is 0. The number of benzene rings is 1. The van der Waals surface area contributed by atoms with Crippen molar-refractivity contribution in [2.24, 2.45) is 11.3 Å². The molecule has 2 saturated carbocycles. The molecule has 0 atom stereocenters. The summed E-state index contributed by atoms with van der Waals surface area (Å²) in [6.45, 7) is 6.34. The third-order valence-electron chi connectivity index (χ3n) is 6.32. The van der Waals surface area contributed by atoms with E-state index in [0.717, 1.165) is 17.5 Å². The average molecular weight is 316 g/mol. The predicted molar refractivity (Wildman–Crippen MR) is 103 cm³/mol. The standard InChI is InChI=1S/C20H31N.C2H6/c1-2-3-16-8-12-20(13-9-16)14-10-18(11-15-20)17-4-6-19(21)7-5-17;1-2/h4-7,16,18H,2-3,8-15,21H2,1H3;1-2H3. The number of nitrogen functional groups attached to an aromatic ring is 1. The van der Waals surface area contributed by atoms with Crippen molar-refractivity contribution in [2.45, 2.75) is 90.9 Å². The van der Waals surface area contributed by atoms with E-state index in [4.69, 9.17) is 5.73 Å². The summed E-state index contributed by atoms with van der Waals surface area (Å²) in [7, 11) is 0. The predicted octanol–water partition coefficient (Wildman–Crippen LogP) is 6.93. The van der Waals surface area contributed by atoms with Crippen LogP contribution in [0.5, 0.6) is 0 Å². The Morgan fingerprint density at radius 3 is 1.96 bits per heavy atom. The van der Waals surface area contributed by atoms with E-state index >= 15 is 0 Å². The van der Waals surface area contributed by atoms with Gasteiger partial charge >= 0.3 is 0 Å². The van der Waals surface area contributed by atoms with Crippen LogP contribution in [0.15, 0.2) is 24.3 Å². The quantitative estimate of drug-likeness (QED) is 0.601. The van der Waals surface area contributed by atoms with E-state index in [1.807, 2.05) is 13.8 Å². The van der Waals surface area contributed by atoms with Gasteiger partial charge in [-0.05, 0) is 86.3 Å². The Labute approximate surface area is 144 Å². The van der Waals surface area contributed by atoms with E-state index in [1.54, 1.807) is 0 Å². The van der Waals surface area contributed by atoms with Crippen molar-refractivity contribution in [2.75, 3.05) is 5.73 Å². The second kappa shape index (κ2) is 8.76. The Morgan fingerprint density at radius 1 is 0.913 bits per heavy atom. The van der Waals surface area contributed by atoms with Gasteiger partial charge in [-0.2, -0.15) is 0 Å². The number of hydrogen-bond donors (Lipinski definition) is 1. The molecule has 0 heterocycles. The first-order chi connectivity index (χ1) is 11.2. The Balaban J connectivity index is 0.000000924. The van der Waals surface area contributed by atoms with Gasteiger partial charge in [0.05, 0.1) is 0 Å². The molecule has 2 aliphatic rings. The van der Waals surface area contributed by atoms with Crippen LogP contribution in [-0.2, 0) is 0 Å². The zero-order valence-corrected chi connectivity index (χ0v) is 15.6. The summed E-state index contributed by atoms with van der Waals surface area (Å²) in [6.07, 6.45) is 14.5. The van der Waals surface area contributed by atoms with Gasteiger partial charge in [0, 0.05) is 5.69 Å². The number of hydrogen-bond acceptors (Lipinski definition) is 1. The second-order valence-corrected chi connectivity index (χ2v) is 7.67. The Hall–Kier alpha value is -0.980. The number of rotatable bonds is 3. The highest BCUT2D eigenvalue weighted by molar-refractivity contribution is 5.40. The van der Waals surface area contributed by atoms with Crippen molar-refractivity contribution < 1.29 is 0 Å². The normalized spacial score (nSPS) is 30.6. The van der Waals surface area contributed by atoms with Crippen molar-refractivity contribution in [1.82, 2.24) is 0 Å². The van der Waals surface area contributed by atoms with Crippen LogP contribution in [0.2, 0.25) is 0 Å². The van der Waals surface area contributed by atoms with Crippen LogP contribution in [0.4, 0.5) is 5.69 Å². The molecule has 0 saturated heterocycles. The summed E-state index contributed by atoms with van der Waals surface area (Å²) in [6, 6.07) is 8.62. The molecule has 1 aromatic rings.